The van der Waals surface area contributed by atoms with Crippen molar-refractivity contribution in [2.45, 2.75) is 0 Å². The Bertz CT molecular complexity index is 717. The summed E-state index contributed by atoms with van der Waals surface area (Å²) in [5.41, 5.74) is 2.93. The van der Waals surface area contributed by atoms with Crippen molar-refractivity contribution in [1.29, 1.82) is 0 Å². The normalized spacial score (nSPS) is 10.8. The molecule has 1 heterocycles. The van der Waals surface area contributed by atoms with E-state index in [1.165, 1.54) is 0 Å². The van der Waals surface area contributed by atoms with E-state index in [1.54, 1.807) is 12.3 Å². The van der Waals surface area contributed by atoms with Crippen LogP contribution in [0.15, 0.2) is 54.7 Å². The Hall–Kier alpha value is -1.57. The van der Waals surface area contributed by atoms with Crippen LogP contribution in [-0.4, -0.2) is 4.98 Å². The highest BCUT2D eigenvalue weighted by Gasteiger charge is 2.08. The van der Waals surface area contributed by atoms with Gasteiger partial charge in [-0.2, -0.15) is 0 Å². The predicted octanol–water partition coefficient (Wildman–Crippen LogP) is 5.21. The number of pyridine rings is 1. The molecule has 3 rings (SSSR count). The molecule has 0 saturated carbocycles. The zero-order valence-electron chi connectivity index (χ0n) is 9.40. The van der Waals surface area contributed by atoms with Gasteiger partial charge in [-0.05, 0) is 35.9 Å². The van der Waals surface area contributed by atoms with Gasteiger partial charge in [-0.15, -0.1) is 0 Å². The van der Waals surface area contributed by atoms with Gasteiger partial charge in [-0.1, -0.05) is 41.4 Å². The number of aromatic nitrogens is 1. The average Bonchev–Trinajstić information content (AvgIpc) is 2.41. The van der Waals surface area contributed by atoms with Crippen molar-refractivity contribution in [2.75, 3.05) is 0 Å². The number of fused-ring (bicyclic) bond motifs is 1. The Morgan fingerprint density at radius 1 is 0.833 bits per heavy atom. The number of nitrogens with zero attached hydrogens (tertiary/aromatic N) is 1. The van der Waals surface area contributed by atoms with Gasteiger partial charge in [0, 0.05) is 27.2 Å². The number of benzene rings is 2. The van der Waals surface area contributed by atoms with Gasteiger partial charge in [0.25, 0.3) is 0 Å². The van der Waals surface area contributed by atoms with E-state index in [0.717, 1.165) is 22.0 Å². The minimum Gasteiger partial charge on any atom is -0.256 e. The first-order chi connectivity index (χ1) is 8.75. The third-order valence-corrected chi connectivity index (χ3v) is 3.43. The second-order valence-electron chi connectivity index (χ2n) is 4.00. The summed E-state index contributed by atoms with van der Waals surface area (Å²) >= 11 is 12.3. The molecular weight excluding hydrogens is 265 g/mol. The van der Waals surface area contributed by atoms with Crippen molar-refractivity contribution in [3.05, 3.63) is 64.8 Å². The highest BCUT2D eigenvalue weighted by molar-refractivity contribution is 6.35. The Kier molecular flexibility index (Phi) is 2.94. The lowest BCUT2D eigenvalue weighted by molar-refractivity contribution is 1.41. The van der Waals surface area contributed by atoms with E-state index >= 15 is 0 Å². The van der Waals surface area contributed by atoms with Gasteiger partial charge in [-0.3, -0.25) is 4.98 Å². The monoisotopic (exact) mass is 273 g/mol. The van der Waals surface area contributed by atoms with E-state index in [1.807, 2.05) is 42.5 Å². The van der Waals surface area contributed by atoms with Gasteiger partial charge in [0.1, 0.15) is 0 Å². The summed E-state index contributed by atoms with van der Waals surface area (Å²) in [7, 11) is 0. The molecule has 0 bridgehead atoms. The highest BCUT2D eigenvalue weighted by atomic mass is 35.5. The highest BCUT2D eigenvalue weighted by Crippen LogP contribution is 2.34. The molecule has 0 aliphatic rings. The van der Waals surface area contributed by atoms with Crippen LogP contribution in [0.1, 0.15) is 0 Å². The zero-order valence-corrected chi connectivity index (χ0v) is 10.9. The third kappa shape index (κ3) is 1.96. The first-order valence-corrected chi connectivity index (χ1v) is 6.30. The Morgan fingerprint density at radius 3 is 2.56 bits per heavy atom. The quantitative estimate of drug-likeness (QED) is 0.593. The summed E-state index contributed by atoms with van der Waals surface area (Å²) in [5.74, 6) is 0. The maximum Gasteiger partial charge on any atom is 0.0708 e. The SMILES string of the molecule is Clc1ccc(Cl)c(-c2ccnc3ccccc23)c1. The molecule has 0 amide bonds. The van der Waals surface area contributed by atoms with E-state index < -0.39 is 0 Å². The van der Waals surface area contributed by atoms with Crippen LogP contribution in [0.3, 0.4) is 0 Å². The topological polar surface area (TPSA) is 12.9 Å². The largest absolute Gasteiger partial charge is 0.256 e. The molecule has 0 aliphatic carbocycles. The van der Waals surface area contributed by atoms with E-state index in [9.17, 15) is 0 Å². The molecule has 0 unspecified atom stereocenters. The van der Waals surface area contributed by atoms with Crippen LogP contribution in [-0.2, 0) is 0 Å². The van der Waals surface area contributed by atoms with Crippen LogP contribution in [0, 0.1) is 0 Å². The molecule has 88 valence electrons. The minimum absolute atomic E-state index is 0.676. The smallest absolute Gasteiger partial charge is 0.0708 e. The van der Waals surface area contributed by atoms with Crippen molar-refractivity contribution in [3.8, 4) is 11.1 Å². The first kappa shape index (κ1) is 11.5. The lowest BCUT2D eigenvalue weighted by Crippen LogP contribution is -1.85. The fourth-order valence-corrected chi connectivity index (χ4v) is 2.43. The van der Waals surface area contributed by atoms with Crippen LogP contribution in [0.2, 0.25) is 10.0 Å². The Labute approximate surface area is 115 Å². The lowest BCUT2D eigenvalue weighted by atomic mass is 10.0. The number of hydrogen-bond acceptors (Lipinski definition) is 1. The van der Waals surface area contributed by atoms with Crippen LogP contribution in [0.25, 0.3) is 22.0 Å². The molecule has 2 aromatic carbocycles. The predicted molar refractivity (Wildman–Crippen MR) is 77.2 cm³/mol. The molecular formula is C15H9Cl2N. The van der Waals surface area contributed by atoms with Crippen molar-refractivity contribution in [1.82, 2.24) is 4.98 Å². The van der Waals surface area contributed by atoms with Crippen molar-refractivity contribution >= 4 is 34.1 Å². The van der Waals surface area contributed by atoms with Crippen molar-refractivity contribution < 1.29 is 0 Å². The lowest BCUT2D eigenvalue weighted by Gasteiger charge is -2.08. The van der Waals surface area contributed by atoms with E-state index in [-0.39, 0.29) is 0 Å². The number of rotatable bonds is 1. The molecule has 1 aromatic heterocycles. The van der Waals surface area contributed by atoms with Crippen molar-refractivity contribution in [2.24, 2.45) is 0 Å². The van der Waals surface area contributed by atoms with Gasteiger partial charge in [0.05, 0.1) is 5.52 Å². The second-order valence-corrected chi connectivity index (χ2v) is 4.84. The fraction of sp³-hybridized carbons (Fsp3) is 0. The summed E-state index contributed by atoms with van der Waals surface area (Å²) in [4.78, 5) is 4.34. The molecule has 3 aromatic rings. The minimum atomic E-state index is 0.676. The van der Waals surface area contributed by atoms with Gasteiger partial charge in [0.15, 0.2) is 0 Å². The summed E-state index contributed by atoms with van der Waals surface area (Å²) < 4.78 is 0. The molecule has 1 nitrogen and oxygen atoms in total. The summed E-state index contributed by atoms with van der Waals surface area (Å²) in [6.45, 7) is 0. The maximum atomic E-state index is 6.25. The molecule has 0 aliphatic heterocycles. The van der Waals surface area contributed by atoms with Gasteiger partial charge in [-0.25, -0.2) is 0 Å². The van der Waals surface area contributed by atoms with E-state index in [0.29, 0.717) is 10.0 Å². The van der Waals surface area contributed by atoms with Crippen molar-refractivity contribution in [3.63, 3.8) is 0 Å². The molecule has 0 spiro atoms. The molecule has 0 atom stereocenters. The summed E-state index contributed by atoms with van der Waals surface area (Å²) in [5, 5.41) is 2.44. The summed E-state index contributed by atoms with van der Waals surface area (Å²) in [6.07, 6.45) is 1.79. The fourth-order valence-electron chi connectivity index (χ4n) is 2.03. The molecule has 18 heavy (non-hydrogen) atoms. The van der Waals surface area contributed by atoms with Crippen LogP contribution >= 0.6 is 23.2 Å². The molecule has 0 N–H and O–H groups in total. The average molecular weight is 274 g/mol. The van der Waals surface area contributed by atoms with E-state index in [4.69, 9.17) is 23.2 Å². The summed E-state index contributed by atoms with van der Waals surface area (Å²) in [6, 6.07) is 15.4. The van der Waals surface area contributed by atoms with E-state index in [2.05, 4.69) is 4.98 Å². The molecule has 0 fully saturated rings. The van der Waals surface area contributed by atoms with Gasteiger partial charge in [0.2, 0.25) is 0 Å². The zero-order chi connectivity index (χ0) is 12.5. The number of hydrogen-bond donors (Lipinski definition) is 0. The first-order valence-electron chi connectivity index (χ1n) is 5.55. The Morgan fingerprint density at radius 2 is 1.67 bits per heavy atom. The molecule has 0 saturated heterocycles. The maximum absolute atomic E-state index is 6.25. The van der Waals surface area contributed by atoms with Crippen LogP contribution < -0.4 is 0 Å². The van der Waals surface area contributed by atoms with Crippen LogP contribution in [0.4, 0.5) is 0 Å². The van der Waals surface area contributed by atoms with Crippen LogP contribution in [0.5, 0.6) is 0 Å². The molecule has 0 radical (unpaired) electrons. The second kappa shape index (κ2) is 4.60. The number of para-hydroxylation sites is 1. The third-order valence-electron chi connectivity index (χ3n) is 2.87. The van der Waals surface area contributed by atoms with Gasteiger partial charge < -0.3 is 0 Å². The van der Waals surface area contributed by atoms with Gasteiger partial charge >= 0.3 is 0 Å². The number of halogens is 2. The molecule has 3 heteroatoms. The standard InChI is InChI=1S/C15H9Cl2N/c16-10-5-6-14(17)13(9-10)11-7-8-18-15-4-2-1-3-12(11)15/h1-9H. The Balaban J connectivity index is 2.35.